The van der Waals surface area contributed by atoms with Crippen LogP contribution in [-0.2, 0) is 0 Å². The van der Waals surface area contributed by atoms with Crippen molar-refractivity contribution >= 4 is 11.3 Å². The van der Waals surface area contributed by atoms with E-state index < -0.39 is 0 Å². The second-order valence-electron chi connectivity index (χ2n) is 4.24. The van der Waals surface area contributed by atoms with Crippen molar-refractivity contribution in [2.75, 3.05) is 0 Å². The average Bonchev–Trinajstić information content (AvgIpc) is 2.65. The zero-order chi connectivity index (χ0) is 12.0. The molecule has 0 aliphatic carbocycles. The number of nitrogens with zero attached hydrogens (tertiary/aromatic N) is 2. The number of hydrogen-bond donors (Lipinski definition) is 0. The molecule has 0 aliphatic rings. The first-order chi connectivity index (χ1) is 7.59. The molecular formula is C13H18N2S. The van der Waals surface area contributed by atoms with Gasteiger partial charge in [0.15, 0.2) is 0 Å². The van der Waals surface area contributed by atoms with Crippen molar-refractivity contribution in [3.63, 3.8) is 0 Å². The molecule has 0 bridgehead atoms. The van der Waals surface area contributed by atoms with E-state index in [2.05, 4.69) is 37.7 Å². The normalized spacial score (nSPS) is 9.81. The third-order valence-corrected chi connectivity index (χ3v) is 2.51. The van der Waals surface area contributed by atoms with Gasteiger partial charge in [-0.3, -0.25) is 4.98 Å². The van der Waals surface area contributed by atoms with Crippen LogP contribution in [-0.4, -0.2) is 9.97 Å². The highest BCUT2D eigenvalue weighted by molar-refractivity contribution is 7.14. The van der Waals surface area contributed by atoms with Gasteiger partial charge in [-0.1, -0.05) is 20.8 Å². The first kappa shape index (κ1) is 12.8. The average molecular weight is 234 g/mol. The van der Waals surface area contributed by atoms with Crippen LogP contribution in [0.5, 0.6) is 0 Å². The van der Waals surface area contributed by atoms with Crippen molar-refractivity contribution in [1.29, 1.82) is 0 Å². The monoisotopic (exact) mass is 234 g/mol. The molecule has 0 aromatic carbocycles. The van der Waals surface area contributed by atoms with Crippen LogP contribution in [0.15, 0.2) is 30.7 Å². The van der Waals surface area contributed by atoms with Crippen LogP contribution in [0.3, 0.4) is 0 Å². The standard InChI is InChI=1S/C9H8N2S.C4H10/c1-7-6-11-9(12-7)8-2-4-10-5-3-8;1-4(2)3/h2-6H,1H3;4H,1-3H3. The maximum atomic E-state index is 4.28. The molecule has 0 aliphatic heterocycles. The van der Waals surface area contributed by atoms with Gasteiger partial charge in [-0.25, -0.2) is 4.98 Å². The van der Waals surface area contributed by atoms with Crippen LogP contribution < -0.4 is 0 Å². The third kappa shape index (κ3) is 4.53. The Morgan fingerprint density at radius 3 is 2.12 bits per heavy atom. The molecule has 86 valence electrons. The van der Waals surface area contributed by atoms with Gasteiger partial charge in [0.2, 0.25) is 0 Å². The fraction of sp³-hybridized carbons (Fsp3) is 0.385. The zero-order valence-electron chi connectivity index (χ0n) is 10.3. The molecule has 0 unspecified atom stereocenters. The van der Waals surface area contributed by atoms with E-state index in [-0.39, 0.29) is 0 Å². The molecule has 2 aromatic heterocycles. The van der Waals surface area contributed by atoms with Gasteiger partial charge in [0.05, 0.1) is 0 Å². The van der Waals surface area contributed by atoms with E-state index >= 15 is 0 Å². The Balaban J connectivity index is 0.000000280. The molecule has 2 nitrogen and oxygen atoms in total. The van der Waals surface area contributed by atoms with E-state index in [0.29, 0.717) is 0 Å². The van der Waals surface area contributed by atoms with Crippen molar-refractivity contribution in [3.8, 4) is 10.6 Å². The smallest absolute Gasteiger partial charge is 0.123 e. The Hall–Kier alpha value is -1.22. The molecule has 0 amide bonds. The van der Waals surface area contributed by atoms with Crippen molar-refractivity contribution in [1.82, 2.24) is 9.97 Å². The Kier molecular flexibility index (Phi) is 5.12. The molecule has 0 atom stereocenters. The minimum atomic E-state index is 0.833. The molecule has 3 heteroatoms. The first-order valence-corrected chi connectivity index (χ1v) is 6.24. The summed E-state index contributed by atoms with van der Waals surface area (Å²) in [6.45, 7) is 8.56. The summed E-state index contributed by atoms with van der Waals surface area (Å²) in [5.41, 5.74) is 1.14. The molecule has 2 heterocycles. The van der Waals surface area contributed by atoms with Crippen LogP contribution in [0, 0.1) is 12.8 Å². The number of aryl methyl sites for hydroxylation is 1. The third-order valence-electron chi connectivity index (χ3n) is 1.55. The van der Waals surface area contributed by atoms with Crippen LogP contribution in [0.2, 0.25) is 0 Å². The molecule has 0 radical (unpaired) electrons. The summed E-state index contributed by atoms with van der Waals surface area (Å²) in [7, 11) is 0. The van der Waals surface area contributed by atoms with Crippen molar-refractivity contribution in [2.24, 2.45) is 5.92 Å². The van der Waals surface area contributed by atoms with Crippen molar-refractivity contribution in [2.45, 2.75) is 27.7 Å². The molecule has 0 saturated heterocycles. The molecule has 2 rings (SSSR count). The summed E-state index contributed by atoms with van der Waals surface area (Å²) in [6.07, 6.45) is 5.46. The Labute approximate surface area is 101 Å². The van der Waals surface area contributed by atoms with Crippen molar-refractivity contribution < 1.29 is 0 Å². The topological polar surface area (TPSA) is 25.8 Å². The van der Waals surface area contributed by atoms with Crippen LogP contribution in [0.4, 0.5) is 0 Å². The molecule has 0 saturated carbocycles. The number of rotatable bonds is 1. The van der Waals surface area contributed by atoms with Gasteiger partial charge in [0, 0.05) is 29.0 Å². The van der Waals surface area contributed by atoms with Gasteiger partial charge in [-0.2, -0.15) is 0 Å². The summed E-state index contributed by atoms with van der Waals surface area (Å²) in [6, 6.07) is 3.94. The molecule has 2 aromatic rings. The van der Waals surface area contributed by atoms with Crippen LogP contribution in [0.1, 0.15) is 25.6 Å². The minimum Gasteiger partial charge on any atom is -0.265 e. The lowest BCUT2D eigenvalue weighted by molar-refractivity contribution is 0.737. The lowest BCUT2D eigenvalue weighted by Crippen LogP contribution is -1.74. The van der Waals surface area contributed by atoms with Gasteiger partial charge in [-0.05, 0) is 25.0 Å². The maximum Gasteiger partial charge on any atom is 0.123 e. The second kappa shape index (κ2) is 6.38. The SMILES string of the molecule is CC(C)C.Cc1cnc(-c2ccncc2)s1. The van der Waals surface area contributed by atoms with E-state index in [0.717, 1.165) is 16.5 Å². The predicted octanol–water partition coefficient (Wildman–Crippen LogP) is 4.18. The van der Waals surface area contributed by atoms with E-state index in [9.17, 15) is 0 Å². The zero-order valence-corrected chi connectivity index (χ0v) is 11.1. The Bertz CT molecular complexity index is 404. The van der Waals surface area contributed by atoms with E-state index in [1.54, 1.807) is 23.7 Å². The lowest BCUT2D eigenvalue weighted by Gasteiger charge is -1.91. The summed E-state index contributed by atoms with van der Waals surface area (Å²) in [5, 5.41) is 1.06. The Morgan fingerprint density at radius 1 is 1.12 bits per heavy atom. The molecule has 0 fully saturated rings. The summed E-state index contributed by atoms with van der Waals surface area (Å²) in [4.78, 5) is 9.47. The number of aromatic nitrogens is 2. The number of pyridine rings is 1. The fourth-order valence-corrected chi connectivity index (χ4v) is 1.75. The summed E-state index contributed by atoms with van der Waals surface area (Å²) >= 11 is 1.70. The summed E-state index contributed by atoms with van der Waals surface area (Å²) < 4.78 is 0. The molecule has 0 N–H and O–H groups in total. The van der Waals surface area contributed by atoms with Crippen molar-refractivity contribution in [3.05, 3.63) is 35.6 Å². The highest BCUT2D eigenvalue weighted by Gasteiger charge is 1.99. The van der Waals surface area contributed by atoms with E-state index in [4.69, 9.17) is 0 Å². The fourth-order valence-electron chi connectivity index (χ4n) is 0.983. The first-order valence-electron chi connectivity index (χ1n) is 5.42. The van der Waals surface area contributed by atoms with E-state index in [1.807, 2.05) is 18.3 Å². The minimum absolute atomic E-state index is 0.833. The predicted molar refractivity (Wildman–Crippen MR) is 70.6 cm³/mol. The summed E-state index contributed by atoms with van der Waals surface area (Å²) in [5.74, 6) is 0.833. The van der Waals surface area contributed by atoms with Crippen LogP contribution >= 0.6 is 11.3 Å². The highest BCUT2D eigenvalue weighted by atomic mass is 32.1. The van der Waals surface area contributed by atoms with Crippen LogP contribution in [0.25, 0.3) is 10.6 Å². The second-order valence-corrected chi connectivity index (χ2v) is 5.48. The van der Waals surface area contributed by atoms with Gasteiger partial charge in [-0.15, -0.1) is 11.3 Å². The maximum absolute atomic E-state index is 4.28. The van der Waals surface area contributed by atoms with Gasteiger partial charge >= 0.3 is 0 Å². The molecule has 0 spiro atoms. The van der Waals surface area contributed by atoms with Gasteiger partial charge < -0.3 is 0 Å². The number of thiazole rings is 1. The number of hydrogen-bond acceptors (Lipinski definition) is 3. The molecular weight excluding hydrogens is 216 g/mol. The Morgan fingerprint density at radius 2 is 1.69 bits per heavy atom. The quantitative estimate of drug-likeness (QED) is 0.740. The van der Waals surface area contributed by atoms with E-state index in [1.165, 1.54) is 4.88 Å². The molecule has 16 heavy (non-hydrogen) atoms. The van der Waals surface area contributed by atoms with Gasteiger partial charge in [0.25, 0.3) is 0 Å². The lowest BCUT2D eigenvalue weighted by atomic mass is 10.3. The van der Waals surface area contributed by atoms with Gasteiger partial charge in [0.1, 0.15) is 5.01 Å². The largest absolute Gasteiger partial charge is 0.265 e. The highest BCUT2D eigenvalue weighted by Crippen LogP contribution is 2.23.